The third-order valence-electron chi connectivity index (χ3n) is 3.48. The van der Waals surface area contributed by atoms with E-state index in [0.717, 1.165) is 24.7 Å². The lowest BCUT2D eigenvalue weighted by Crippen LogP contribution is -2.25. The van der Waals surface area contributed by atoms with Crippen LogP contribution in [0.25, 0.3) is 0 Å². The van der Waals surface area contributed by atoms with Gasteiger partial charge in [-0.15, -0.1) is 0 Å². The number of carbonyl (C=O) groups is 1. The summed E-state index contributed by atoms with van der Waals surface area (Å²) in [6.07, 6.45) is 6.18. The maximum atomic E-state index is 12.2. The molecule has 1 heterocycles. The molecule has 0 aliphatic heterocycles. The number of hydrogen-bond acceptors (Lipinski definition) is 5. The fraction of sp³-hybridized carbons (Fsp3) is 0.294. The number of aromatic nitrogens is 1. The quantitative estimate of drug-likeness (QED) is 0.772. The molecule has 0 bridgehead atoms. The van der Waals surface area contributed by atoms with Crippen molar-refractivity contribution in [3.05, 3.63) is 53.9 Å². The first kappa shape index (κ1) is 17.9. The lowest BCUT2D eigenvalue weighted by molar-refractivity contribution is 0.0953. The van der Waals surface area contributed by atoms with Crippen molar-refractivity contribution in [3.63, 3.8) is 0 Å². The van der Waals surface area contributed by atoms with Gasteiger partial charge in [0.25, 0.3) is 5.91 Å². The minimum absolute atomic E-state index is 0.00742. The lowest BCUT2D eigenvalue weighted by atomic mass is 10.1. The molecule has 128 valence electrons. The Balaban J connectivity index is 1.97. The van der Waals surface area contributed by atoms with E-state index in [0.29, 0.717) is 6.54 Å². The van der Waals surface area contributed by atoms with Gasteiger partial charge >= 0.3 is 0 Å². The minimum Gasteiger partial charge on any atom is -0.495 e. The second kappa shape index (κ2) is 7.92. The zero-order chi connectivity index (χ0) is 17.6. The van der Waals surface area contributed by atoms with E-state index in [-0.39, 0.29) is 22.1 Å². The monoisotopic (exact) mass is 348 g/mol. The van der Waals surface area contributed by atoms with Crippen molar-refractivity contribution in [2.45, 2.75) is 17.7 Å². The summed E-state index contributed by atoms with van der Waals surface area (Å²) in [6, 6.07) is 8.23. The highest BCUT2D eigenvalue weighted by atomic mass is 32.2. The molecule has 1 aromatic heterocycles. The summed E-state index contributed by atoms with van der Waals surface area (Å²) in [6.45, 7) is 0.494. The minimum atomic E-state index is -3.47. The van der Waals surface area contributed by atoms with Gasteiger partial charge in [0, 0.05) is 30.8 Å². The number of sulfone groups is 1. The van der Waals surface area contributed by atoms with Gasteiger partial charge < -0.3 is 10.1 Å². The highest BCUT2D eigenvalue weighted by Crippen LogP contribution is 2.24. The number of carbonyl (C=O) groups excluding carboxylic acids is 1. The highest BCUT2D eigenvalue weighted by molar-refractivity contribution is 7.90. The predicted octanol–water partition coefficient (Wildman–Crippen LogP) is 1.86. The van der Waals surface area contributed by atoms with Gasteiger partial charge in [0.2, 0.25) is 0 Å². The van der Waals surface area contributed by atoms with Gasteiger partial charge in [0.15, 0.2) is 9.84 Å². The summed E-state index contributed by atoms with van der Waals surface area (Å²) in [4.78, 5) is 16.2. The van der Waals surface area contributed by atoms with E-state index in [1.54, 1.807) is 18.5 Å². The van der Waals surface area contributed by atoms with Gasteiger partial charge in [0.1, 0.15) is 10.6 Å². The van der Waals surface area contributed by atoms with Gasteiger partial charge in [-0.05, 0) is 42.7 Å². The van der Waals surface area contributed by atoms with Crippen molar-refractivity contribution >= 4 is 15.7 Å². The molecule has 0 saturated heterocycles. The Bertz CT molecular complexity index is 805. The van der Waals surface area contributed by atoms with Crippen LogP contribution in [0.15, 0.2) is 47.6 Å². The second-order valence-corrected chi connectivity index (χ2v) is 7.34. The van der Waals surface area contributed by atoms with Crippen molar-refractivity contribution in [2.75, 3.05) is 19.9 Å². The van der Waals surface area contributed by atoms with Crippen molar-refractivity contribution in [3.8, 4) is 5.75 Å². The van der Waals surface area contributed by atoms with Gasteiger partial charge in [0.05, 0.1) is 7.11 Å². The Hall–Kier alpha value is -2.41. The number of nitrogens with zero attached hydrogens (tertiary/aromatic N) is 1. The summed E-state index contributed by atoms with van der Waals surface area (Å²) < 4.78 is 28.6. The van der Waals surface area contributed by atoms with Crippen LogP contribution in [-0.2, 0) is 16.3 Å². The lowest BCUT2D eigenvalue weighted by Gasteiger charge is -2.10. The number of aryl methyl sites for hydroxylation is 1. The Morgan fingerprint density at radius 3 is 2.71 bits per heavy atom. The van der Waals surface area contributed by atoms with Gasteiger partial charge in [-0.1, -0.05) is 6.07 Å². The number of hydrogen-bond donors (Lipinski definition) is 1. The maximum absolute atomic E-state index is 12.2. The van der Waals surface area contributed by atoms with Crippen LogP contribution in [0.5, 0.6) is 5.75 Å². The Morgan fingerprint density at radius 1 is 1.29 bits per heavy atom. The average molecular weight is 348 g/mol. The third kappa shape index (κ3) is 4.79. The summed E-state index contributed by atoms with van der Waals surface area (Å²) in [5.74, 6) is -0.0839. The third-order valence-corrected chi connectivity index (χ3v) is 4.59. The van der Waals surface area contributed by atoms with E-state index in [4.69, 9.17) is 4.74 Å². The first-order chi connectivity index (χ1) is 11.4. The number of ether oxygens (including phenoxy) is 1. The van der Waals surface area contributed by atoms with Crippen molar-refractivity contribution < 1.29 is 17.9 Å². The molecule has 0 saturated carbocycles. The number of methoxy groups -OCH3 is 1. The van der Waals surface area contributed by atoms with Crippen molar-refractivity contribution in [2.24, 2.45) is 0 Å². The number of pyridine rings is 1. The molecule has 1 amide bonds. The van der Waals surface area contributed by atoms with Crippen LogP contribution in [0, 0.1) is 0 Å². The SMILES string of the molecule is COc1ccc(C(=O)NCCCc2cccnc2)cc1S(C)(=O)=O. The molecule has 0 spiro atoms. The molecule has 0 aliphatic rings. The van der Waals surface area contributed by atoms with Crippen LogP contribution in [0.2, 0.25) is 0 Å². The molecule has 0 fully saturated rings. The van der Waals surface area contributed by atoms with E-state index in [9.17, 15) is 13.2 Å². The summed E-state index contributed by atoms with van der Waals surface area (Å²) >= 11 is 0. The van der Waals surface area contributed by atoms with Crippen LogP contribution in [-0.4, -0.2) is 39.2 Å². The van der Waals surface area contributed by atoms with Gasteiger partial charge in [-0.2, -0.15) is 0 Å². The molecule has 2 rings (SSSR count). The van der Waals surface area contributed by atoms with E-state index >= 15 is 0 Å². The van der Waals surface area contributed by atoms with E-state index in [1.165, 1.54) is 19.2 Å². The van der Waals surface area contributed by atoms with Crippen LogP contribution in [0.4, 0.5) is 0 Å². The molecule has 0 atom stereocenters. The number of amides is 1. The summed E-state index contributed by atoms with van der Waals surface area (Å²) in [5.41, 5.74) is 1.40. The standard InChI is InChI=1S/C17H20N2O4S/c1-23-15-8-7-14(11-16(15)24(2,21)22)17(20)19-10-4-6-13-5-3-9-18-12-13/h3,5,7-9,11-12H,4,6,10H2,1-2H3,(H,19,20). The molecule has 1 aromatic carbocycles. The maximum Gasteiger partial charge on any atom is 0.251 e. The van der Waals surface area contributed by atoms with E-state index in [1.807, 2.05) is 12.1 Å². The first-order valence-corrected chi connectivity index (χ1v) is 9.36. The second-order valence-electron chi connectivity index (χ2n) is 5.36. The highest BCUT2D eigenvalue weighted by Gasteiger charge is 2.17. The number of benzene rings is 1. The topological polar surface area (TPSA) is 85.4 Å². The van der Waals surface area contributed by atoms with E-state index < -0.39 is 9.84 Å². The fourth-order valence-electron chi connectivity index (χ4n) is 2.25. The molecule has 0 radical (unpaired) electrons. The summed E-state index contributed by atoms with van der Waals surface area (Å²) in [5, 5.41) is 2.79. The summed E-state index contributed by atoms with van der Waals surface area (Å²) in [7, 11) is -2.08. The Kier molecular flexibility index (Phi) is 5.92. The zero-order valence-corrected chi connectivity index (χ0v) is 14.5. The molecule has 0 unspecified atom stereocenters. The average Bonchev–Trinajstić information content (AvgIpc) is 2.58. The predicted molar refractivity (Wildman–Crippen MR) is 91.0 cm³/mol. The van der Waals surface area contributed by atoms with Gasteiger partial charge in [-0.3, -0.25) is 9.78 Å². The van der Waals surface area contributed by atoms with Crippen molar-refractivity contribution in [1.82, 2.24) is 10.3 Å². The zero-order valence-electron chi connectivity index (χ0n) is 13.7. The largest absolute Gasteiger partial charge is 0.495 e. The van der Waals surface area contributed by atoms with Crippen LogP contribution < -0.4 is 10.1 Å². The Labute approximate surface area is 141 Å². The van der Waals surface area contributed by atoms with Crippen LogP contribution >= 0.6 is 0 Å². The fourth-order valence-corrected chi connectivity index (χ4v) is 3.11. The number of rotatable bonds is 7. The normalized spacial score (nSPS) is 11.1. The molecule has 7 heteroatoms. The molecular formula is C17H20N2O4S. The van der Waals surface area contributed by atoms with Gasteiger partial charge in [-0.25, -0.2) is 8.42 Å². The smallest absolute Gasteiger partial charge is 0.251 e. The van der Waals surface area contributed by atoms with E-state index in [2.05, 4.69) is 10.3 Å². The van der Waals surface area contributed by atoms with Crippen LogP contribution in [0.3, 0.4) is 0 Å². The van der Waals surface area contributed by atoms with Crippen LogP contribution in [0.1, 0.15) is 22.3 Å². The molecule has 6 nitrogen and oxygen atoms in total. The Morgan fingerprint density at radius 2 is 2.08 bits per heavy atom. The first-order valence-electron chi connectivity index (χ1n) is 7.47. The van der Waals surface area contributed by atoms with Crippen molar-refractivity contribution in [1.29, 1.82) is 0 Å². The molecular weight excluding hydrogens is 328 g/mol. The number of nitrogens with one attached hydrogen (secondary N) is 1. The molecule has 0 aliphatic carbocycles. The molecule has 24 heavy (non-hydrogen) atoms. The molecule has 2 aromatic rings. The molecule has 1 N–H and O–H groups in total.